The molecule has 6 nitrogen and oxygen atoms in total. The highest BCUT2D eigenvalue weighted by atomic mass is 127. The number of rotatable bonds is 9. The van der Waals surface area contributed by atoms with Crippen LogP contribution in [0, 0.1) is 10.1 Å². The van der Waals surface area contributed by atoms with Crippen molar-refractivity contribution in [2.45, 2.75) is 39.0 Å². The third kappa shape index (κ3) is 8.81. The Balaban J connectivity index is 0.00000441. The van der Waals surface area contributed by atoms with Gasteiger partial charge in [-0.2, -0.15) is 0 Å². The zero-order chi connectivity index (χ0) is 15.5. The second kappa shape index (κ2) is 12.2. The zero-order valence-electron chi connectivity index (χ0n) is 13.0. The van der Waals surface area contributed by atoms with E-state index in [1.165, 1.54) is 0 Å². The molecule has 0 radical (unpaired) electrons. The minimum Gasteiger partial charge on any atom is -0.370 e. The summed E-state index contributed by atoms with van der Waals surface area (Å²) in [6, 6.07) is 6.70. The van der Waals surface area contributed by atoms with E-state index >= 15 is 0 Å². The summed E-state index contributed by atoms with van der Waals surface area (Å²) in [5.74, 6) is 0.513. The number of nitro benzene ring substituents is 1. The Morgan fingerprint density at radius 1 is 1.27 bits per heavy atom. The van der Waals surface area contributed by atoms with Gasteiger partial charge < -0.3 is 11.1 Å². The van der Waals surface area contributed by atoms with Crippen LogP contribution >= 0.6 is 24.0 Å². The second-order valence-corrected chi connectivity index (χ2v) is 4.93. The van der Waals surface area contributed by atoms with Gasteiger partial charge in [0.05, 0.1) is 4.92 Å². The number of hydrogen-bond donors (Lipinski definition) is 2. The van der Waals surface area contributed by atoms with Crippen LogP contribution < -0.4 is 11.1 Å². The summed E-state index contributed by atoms with van der Waals surface area (Å²) in [4.78, 5) is 14.4. The van der Waals surface area contributed by atoms with Crippen molar-refractivity contribution in [3.8, 4) is 0 Å². The molecule has 1 aromatic rings. The molecular weight excluding hydrogens is 395 g/mol. The van der Waals surface area contributed by atoms with Crippen molar-refractivity contribution in [1.29, 1.82) is 0 Å². The van der Waals surface area contributed by atoms with Gasteiger partial charge in [0.15, 0.2) is 5.96 Å². The first-order valence-electron chi connectivity index (χ1n) is 7.40. The molecule has 0 bridgehead atoms. The highest BCUT2D eigenvalue weighted by Crippen LogP contribution is 2.13. The quantitative estimate of drug-likeness (QED) is 0.160. The Kier molecular flexibility index (Phi) is 11.4. The first-order valence-corrected chi connectivity index (χ1v) is 7.40. The molecule has 22 heavy (non-hydrogen) atoms. The lowest BCUT2D eigenvalue weighted by Crippen LogP contribution is -2.32. The number of nitrogens with zero attached hydrogens (tertiary/aromatic N) is 2. The molecule has 0 spiro atoms. The van der Waals surface area contributed by atoms with Crippen molar-refractivity contribution in [2.75, 3.05) is 13.1 Å². The van der Waals surface area contributed by atoms with Gasteiger partial charge in [-0.15, -0.1) is 24.0 Å². The SMILES string of the molecule is CCCCNC(N)=NCCCCc1ccc([N+](=O)[O-])cc1.I. The van der Waals surface area contributed by atoms with Gasteiger partial charge in [-0.1, -0.05) is 25.5 Å². The maximum absolute atomic E-state index is 10.5. The van der Waals surface area contributed by atoms with E-state index in [0.29, 0.717) is 12.5 Å². The Hall–Kier alpha value is -1.38. The first-order chi connectivity index (χ1) is 10.1. The van der Waals surface area contributed by atoms with Crippen LogP contribution in [-0.2, 0) is 6.42 Å². The number of benzene rings is 1. The van der Waals surface area contributed by atoms with Crippen LogP contribution in [0.5, 0.6) is 0 Å². The predicted molar refractivity (Wildman–Crippen MR) is 101 cm³/mol. The fraction of sp³-hybridized carbons (Fsp3) is 0.533. The number of nitrogens with one attached hydrogen (secondary N) is 1. The summed E-state index contributed by atoms with van der Waals surface area (Å²) >= 11 is 0. The van der Waals surface area contributed by atoms with E-state index in [1.54, 1.807) is 12.1 Å². The maximum Gasteiger partial charge on any atom is 0.269 e. The molecule has 0 aromatic heterocycles. The van der Waals surface area contributed by atoms with Gasteiger partial charge in [0.25, 0.3) is 5.69 Å². The van der Waals surface area contributed by atoms with Crippen LogP contribution in [-0.4, -0.2) is 24.0 Å². The van der Waals surface area contributed by atoms with Gasteiger partial charge in [0.1, 0.15) is 0 Å². The van der Waals surface area contributed by atoms with E-state index in [0.717, 1.165) is 44.2 Å². The van der Waals surface area contributed by atoms with Crippen molar-refractivity contribution >= 4 is 35.6 Å². The molecular formula is C15H25IN4O2. The number of nitrogens with two attached hydrogens (primary N) is 1. The first kappa shape index (κ1) is 20.6. The van der Waals surface area contributed by atoms with Gasteiger partial charge in [0.2, 0.25) is 0 Å². The van der Waals surface area contributed by atoms with Crippen LogP contribution in [0.15, 0.2) is 29.3 Å². The third-order valence-corrected chi connectivity index (χ3v) is 3.14. The van der Waals surface area contributed by atoms with Crippen LogP contribution in [0.4, 0.5) is 5.69 Å². The van der Waals surface area contributed by atoms with E-state index < -0.39 is 0 Å². The molecule has 0 fully saturated rings. The lowest BCUT2D eigenvalue weighted by atomic mass is 10.1. The molecule has 3 N–H and O–H groups in total. The molecule has 0 atom stereocenters. The number of aryl methyl sites for hydroxylation is 1. The van der Waals surface area contributed by atoms with Crippen LogP contribution in [0.3, 0.4) is 0 Å². The largest absolute Gasteiger partial charge is 0.370 e. The number of unbranched alkanes of at least 4 members (excludes halogenated alkanes) is 2. The molecule has 124 valence electrons. The highest BCUT2D eigenvalue weighted by Gasteiger charge is 2.03. The fourth-order valence-electron chi connectivity index (χ4n) is 1.87. The molecule has 0 unspecified atom stereocenters. The summed E-state index contributed by atoms with van der Waals surface area (Å²) in [7, 11) is 0. The van der Waals surface area contributed by atoms with Gasteiger partial charge in [-0.05, 0) is 31.2 Å². The van der Waals surface area contributed by atoms with Crippen molar-refractivity contribution in [1.82, 2.24) is 5.32 Å². The average molecular weight is 420 g/mol. The normalized spacial score (nSPS) is 10.9. The zero-order valence-corrected chi connectivity index (χ0v) is 15.3. The van der Waals surface area contributed by atoms with Gasteiger partial charge >= 0.3 is 0 Å². The number of halogens is 1. The lowest BCUT2D eigenvalue weighted by molar-refractivity contribution is -0.384. The standard InChI is InChI=1S/C15H24N4O2.HI/c1-2-3-11-17-15(16)18-12-5-4-6-13-7-9-14(10-8-13)19(20)21;/h7-10H,2-6,11-12H2,1H3,(H3,16,17,18);1H. The Labute approximate surface area is 148 Å². The topological polar surface area (TPSA) is 93.5 Å². The molecule has 0 aliphatic carbocycles. The van der Waals surface area contributed by atoms with Crippen molar-refractivity contribution in [3.63, 3.8) is 0 Å². The molecule has 0 saturated heterocycles. The molecule has 0 aliphatic rings. The fourth-order valence-corrected chi connectivity index (χ4v) is 1.87. The molecule has 0 aliphatic heterocycles. The monoisotopic (exact) mass is 420 g/mol. The lowest BCUT2D eigenvalue weighted by Gasteiger charge is -2.04. The predicted octanol–water partition coefficient (Wildman–Crippen LogP) is 3.24. The number of guanidine groups is 1. The van der Waals surface area contributed by atoms with E-state index in [1.807, 2.05) is 12.1 Å². The van der Waals surface area contributed by atoms with Crippen molar-refractivity contribution in [2.24, 2.45) is 10.7 Å². The number of hydrogen-bond acceptors (Lipinski definition) is 3. The van der Waals surface area contributed by atoms with Gasteiger partial charge in [-0.3, -0.25) is 15.1 Å². The Morgan fingerprint density at radius 3 is 2.55 bits per heavy atom. The maximum atomic E-state index is 10.5. The molecule has 0 saturated carbocycles. The van der Waals surface area contributed by atoms with Gasteiger partial charge in [0, 0.05) is 25.2 Å². The van der Waals surface area contributed by atoms with Crippen LogP contribution in [0.25, 0.3) is 0 Å². The Bertz CT molecular complexity index is 463. The summed E-state index contributed by atoms with van der Waals surface area (Å²) in [5, 5.41) is 13.6. The molecule has 7 heteroatoms. The third-order valence-electron chi connectivity index (χ3n) is 3.14. The minimum absolute atomic E-state index is 0. The number of non-ortho nitro benzene ring substituents is 1. The van der Waals surface area contributed by atoms with Gasteiger partial charge in [-0.25, -0.2) is 0 Å². The summed E-state index contributed by atoms with van der Waals surface area (Å²) in [5.41, 5.74) is 6.97. The van der Waals surface area contributed by atoms with E-state index in [-0.39, 0.29) is 34.6 Å². The second-order valence-electron chi connectivity index (χ2n) is 4.93. The van der Waals surface area contributed by atoms with Crippen LogP contribution in [0.1, 0.15) is 38.2 Å². The van der Waals surface area contributed by atoms with Crippen molar-refractivity contribution in [3.05, 3.63) is 39.9 Å². The van der Waals surface area contributed by atoms with E-state index in [9.17, 15) is 10.1 Å². The molecule has 1 aromatic carbocycles. The smallest absolute Gasteiger partial charge is 0.269 e. The van der Waals surface area contributed by atoms with E-state index in [2.05, 4.69) is 17.2 Å². The summed E-state index contributed by atoms with van der Waals surface area (Å²) < 4.78 is 0. The molecule has 0 heterocycles. The summed E-state index contributed by atoms with van der Waals surface area (Å²) in [6.07, 6.45) is 5.07. The van der Waals surface area contributed by atoms with Crippen LogP contribution in [0.2, 0.25) is 0 Å². The van der Waals surface area contributed by atoms with E-state index in [4.69, 9.17) is 5.73 Å². The minimum atomic E-state index is -0.382. The Morgan fingerprint density at radius 2 is 1.95 bits per heavy atom. The average Bonchev–Trinajstić information content (AvgIpc) is 2.47. The summed E-state index contributed by atoms with van der Waals surface area (Å²) in [6.45, 7) is 3.71. The molecule has 0 amide bonds. The highest BCUT2D eigenvalue weighted by molar-refractivity contribution is 14.0. The molecule has 1 rings (SSSR count). The number of aliphatic imine (C=N–C) groups is 1. The number of nitro groups is 1. The van der Waals surface area contributed by atoms with Crippen molar-refractivity contribution < 1.29 is 4.92 Å².